The van der Waals surface area contributed by atoms with Crippen LogP contribution in [0.1, 0.15) is 11.5 Å². The maximum atomic E-state index is 12.6. The van der Waals surface area contributed by atoms with Gasteiger partial charge in [0, 0.05) is 12.1 Å². The average molecular weight is 314 g/mol. The number of ether oxygens (including phenoxy) is 1. The average Bonchev–Trinajstić information content (AvgIpc) is 3.03. The van der Waals surface area contributed by atoms with Crippen molar-refractivity contribution in [2.75, 3.05) is 12.0 Å². The fourth-order valence-corrected chi connectivity index (χ4v) is 2.49. The number of aryl methyl sites for hydroxylation is 1. The summed E-state index contributed by atoms with van der Waals surface area (Å²) in [5.41, 5.74) is 1.03. The van der Waals surface area contributed by atoms with E-state index in [1.807, 2.05) is 25.1 Å². The number of carbonyl (C=O) groups is 1. The normalized spacial score (nSPS) is 16.3. The highest BCUT2D eigenvalue weighted by molar-refractivity contribution is 7.80. The number of benzene rings is 1. The minimum Gasteiger partial charge on any atom is -0.497 e. The van der Waals surface area contributed by atoms with Crippen LogP contribution in [-0.2, 0) is 4.79 Å². The Morgan fingerprint density at radius 1 is 1.32 bits per heavy atom. The fourth-order valence-electron chi connectivity index (χ4n) is 2.19. The van der Waals surface area contributed by atoms with Crippen molar-refractivity contribution in [3.63, 3.8) is 0 Å². The van der Waals surface area contributed by atoms with Gasteiger partial charge in [-0.15, -0.1) is 0 Å². The van der Waals surface area contributed by atoms with Crippen LogP contribution in [0, 0.1) is 6.92 Å². The lowest BCUT2D eigenvalue weighted by Gasteiger charge is -2.14. The number of hydrogen-bond acceptors (Lipinski definition) is 4. The van der Waals surface area contributed by atoms with Crippen molar-refractivity contribution in [3.05, 3.63) is 53.6 Å². The predicted octanol–water partition coefficient (Wildman–Crippen LogP) is 2.86. The number of hydrogen-bond donors (Lipinski definition) is 1. The second-order valence-corrected chi connectivity index (χ2v) is 5.17. The van der Waals surface area contributed by atoms with Gasteiger partial charge in [-0.2, -0.15) is 0 Å². The van der Waals surface area contributed by atoms with Gasteiger partial charge in [0.1, 0.15) is 23.0 Å². The molecule has 0 bridgehead atoms. The van der Waals surface area contributed by atoms with E-state index in [4.69, 9.17) is 21.4 Å². The molecule has 1 aliphatic heterocycles. The monoisotopic (exact) mass is 314 g/mol. The zero-order chi connectivity index (χ0) is 15.7. The predicted molar refractivity (Wildman–Crippen MR) is 87.6 cm³/mol. The summed E-state index contributed by atoms with van der Waals surface area (Å²) in [7, 11) is 1.58. The van der Waals surface area contributed by atoms with Crippen LogP contribution in [0.25, 0.3) is 6.08 Å². The van der Waals surface area contributed by atoms with Crippen LogP contribution in [0.5, 0.6) is 5.75 Å². The SMILES string of the molecule is COc1cccc(N2C(=O)/C(=C/c3ccc(C)o3)NC2=S)c1. The zero-order valence-electron chi connectivity index (χ0n) is 12.1. The summed E-state index contributed by atoms with van der Waals surface area (Å²) in [6.45, 7) is 1.85. The summed E-state index contributed by atoms with van der Waals surface area (Å²) in [5, 5.41) is 3.24. The lowest BCUT2D eigenvalue weighted by molar-refractivity contribution is -0.113. The molecule has 0 unspecified atom stereocenters. The molecular formula is C16H14N2O3S. The van der Waals surface area contributed by atoms with Crippen LogP contribution in [0.3, 0.4) is 0 Å². The largest absolute Gasteiger partial charge is 0.497 e. The molecular weight excluding hydrogens is 300 g/mol. The number of nitrogens with one attached hydrogen (secondary N) is 1. The highest BCUT2D eigenvalue weighted by Gasteiger charge is 2.32. The number of amides is 1. The Balaban J connectivity index is 1.92. The molecule has 0 atom stereocenters. The van der Waals surface area contributed by atoms with E-state index >= 15 is 0 Å². The first kappa shape index (κ1) is 14.3. The van der Waals surface area contributed by atoms with Gasteiger partial charge in [-0.3, -0.25) is 9.69 Å². The zero-order valence-corrected chi connectivity index (χ0v) is 12.9. The Morgan fingerprint density at radius 3 is 2.82 bits per heavy atom. The number of nitrogens with zero attached hydrogens (tertiary/aromatic N) is 1. The van der Waals surface area contributed by atoms with Gasteiger partial charge in [0.15, 0.2) is 5.11 Å². The molecule has 2 aromatic rings. The van der Waals surface area contributed by atoms with E-state index in [1.165, 1.54) is 4.90 Å². The van der Waals surface area contributed by atoms with Crippen molar-refractivity contribution in [1.29, 1.82) is 0 Å². The Labute approximate surface area is 133 Å². The van der Waals surface area contributed by atoms with Crippen molar-refractivity contribution in [3.8, 4) is 5.75 Å². The van der Waals surface area contributed by atoms with Gasteiger partial charge >= 0.3 is 0 Å². The van der Waals surface area contributed by atoms with Gasteiger partial charge in [-0.05, 0) is 43.4 Å². The summed E-state index contributed by atoms with van der Waals surface area (Å²) in [6.07, 6.45) is 1.64. The number of methoxy groups -OCH3 is 1. The Hall–Kier alpha value is -2.60. The molecule has 0 saturated carbocycles. The number of carbonyl (C=O) groups excluding carboxylic acids is 1. The molecule has 5 nitrogen and oxygen atoms in total. The summed E-state index contributed by atoms with van der Waals surface area (Å²) in [6, 6.07) is 10.8. The van der Waals surface area contributed by atoms with Crippen LogP contribution < -0.4 is 15.0 Å². The van der Waals surface area contributed by atoms with Gasteiger partial charge in [-0.25, -0.2) is 0 Å². The molecule has 6 heteroatoms. The molecule has 0 radical (unpaired) electrons. The van der Waals surface area contributed by atoms with E-state index < -0.39 is 0 Å². The molecule has 0 aliphatic carbocycles. The van der Waals surface area contributed by atoms with Crippen molar-refractivity contribution in [2.24, 2.45) is 0 Å². The minimum absolute atomic E-state index is 0.229. The van der Waals surface area contributed by atoms with E-state index in [0.717, 1.165) is 5.76 Å². The summed E-state index contributed by atoms with van der Waals surface area (Å²) in [5.74, 6) is 1.81. The van der Waals surface area contributed by atoms with E-state index in [2.05, 4.69) is 5.32 Å². The molecule has 1 aromatic heterocycles. The highest BCUT2D eigenvalue weighted by atomic mass is 32.1. The molecule has 1 N–H and O–H groups in total. The first-order valence-electron chi connectivity index (χ1n) is 6.66. The van der Waals surface area contributed by atoms with Crippen LogP contribution >= 0.6 is 12.2 Å². The third kappa shape index (κ3) is 2.60. The molecule has 3 rings (SSSR count). The number of rotatable bonds is 3. The highest BCUT2D eigenvalue weighted by Crippen LogP contribution is 2.26. The Bertz CT molecular complexity index is 779. The standard InChI is InChI=1S/C16H14N2O3S/c1-10-6-7-13(21-10)9-14-15(19)18(16(22)17-14)11-4-3-5-12(8-11)20-2/h3-9H,1-2H3,(H,17,22)/b14-9-. The van der Waals surface area contributed by atoms with Crippen LogP contribution in [0.4, 0.5) is 5.69 Å². The van der Waals surface area contributed by atoms with Crippen molar-refractivity contribution < 1.29 is 13.9 Å². The van der Waals surface area contributed by atoms with Gasteiger partial charge < -0.3 is 14.5 Å². The van der Waals surface area contributed by atoms with Gasteiger partial charge in [0.2, 0.25) is 0 Å². The van der Waals surface area contributed by atoms with E-state index in [1.54, 1.807) is 31.4 Å². The molecule has 2 heterocycles. The van der Waals surface area contributed by atoms with E-state index in [9.17, 15) is 4.79 Å². The Morgan fingerprint density at radius 2 is 2.14 bits per heavy atom. The van der Waals surface area contributed by atoms with Crippen LogP contribution in [-0.4, -0.2) is 18.1 Å². The maximum absolute atomic E-state index is 12.6. The molecule has 1 aromatic carbocycles. The van der Waals surface area contributed by atoms with Crippen molar-refractivity contribution in [2.45, 2.75) is 6.92 Å². The quantitative estimate of drug-likeness (QED) is 0.697. The number of furan rings is 1. The minimum atomic E-state index is -0.229. The molecule has 0 spiro atoms. The third-order valence-electron chi connectivity index (χ3n) is 3.24. The second kappa shape index (κ2) is 5.65. The molecule has 22 heavy (non-hydrogen) atoms. The van der Waals surface area contributed by atoms with Crippen LogP contribution in [0.2, 0.25) is 0 Å². The first-order chi connectivity index (χ1) is 10.6. The summed E-state index contributed by atoms with van der Waals surface area (Å²) >= 11 is 5.26. The van der Waals surface area contributed by atoms with Gasteiger partial charge in [0.25, 0.3) is 5.91 Å². The number of anilines is 1. The van der Waals surface area contributed by atoms with E-state index in [-0.39, 0.29) is 5.91 Å². The van der Waals surface area contributed by atoms with Crippen molar-refractivity contribution in [1.82, 2.24) is 5.32 Å². The van der Waals surface area contributed by atoms with Gasteiger partial charge in [-0.1, -0.05) is 6.07 Å². The van der Waals surface area contributed by atoms with Crippen LogP contribution in [0.15, 0.2) is 46.5 Å². The Kier molecular flexibility index (Phi) is 3.68. The maximum Gasteiger partial charge on any atom is 0.281 e. The van der Waals surface area contributed by atoms with Gasteiger partial charge in [0.05, 0.1) is 12.8 Å². The molecule has 1 saturated heterocycles. The van der Waals surface area contributed by atoms with E-state index in [0.29, 0.717) is 28.0 Å². The molecule has 1 amide bonds. The lowest BCUT2D eigenvalue weighted by Crippen LogP contribution is -2.30. The summed E-state index contributed by atoms with van der Waals surface area (Å²) in [4.78, 5) is 14.0. The lowest BCUT2D eigenvalue weighted by atomic mass is 10.2. The van der Waals surface area contributed by atoms with Crippen molar-refractivity contribution >= 4 is 35.0 Å². The molecule has 112 valence electrons. The smallest absolute Gasteiger partial charge is 0.281 e. The topological polar surface area (TPSA) is 54.7 Å². The molecule has 1 fully saturated rings. The third-order valence-corrected chi connectivity index (χ3v) is 3.52. The second-order valence-electron chi connectivity index (χ2n) is 4.78. The first-order valence-corrected chi connectivity index (χ1v) is 7.07. The molecule has 1 aliphatic rings. The fraction of sp³-hybridized carbons (Fsp3) is 0.125. The summed E-state index contributed by atoms with van der Waals surface area (Å²) < 4.78 is 10.6. The number of thiocarbonyl (C=S) groups is 1.